The van der Waals surface area contributed by atoms with Gasteiger partial charge in [-0.1, -0.05) is 42.0 Å². The average molecular weight is 319 g/mol. The molecule has 2 nitrogen and oxygen atoms in total. The predicted molar refractivity (Wildman–Crippen MR) is 88.3 cm³/mol. The first-order valence-corrected chi connectivity index (χ1v) is 7.16. The maximum absolute atomic E-state index is 13.5. The summed E-state index contributed by atoms with van der Waals surface area (Å²) in [4.78, 5) is 0.363. The summed E-state index contributed by atoms with van der Waals surface area (Å²) in [6.07, 6.45) is 1.96. The molecule has 106 valence electrons. The molecule has 21 heavy (non-hydrogen) atoms. The molecular weight excluding hydrogens is 307 g/mol. The number of benzene rings is 2. The number of aromatic nitrogens is 1. The van der Waals surface area contributed by atoms with Crippen molar-refractivity contribution in [3.63, 3.8) is 0 Å². The molecule has 0 bridgehead atoms. The number of fused-ring (bicyclic) bond motifs is 1. The molecule has 3 aromatic rings. The Kier molecular flexibility index (Phi) is 3.66. The van der Waals surface area contributed by atoms with E-state index in [1.165, 1.54) is 6.07 Å². The van der Waals surface area contributed by atoms with Crippen LogP contribution in [0.1, 0.15) is 11.1 Å². The topological polar surface area (TPSA) is 30.9 Å². The molecule has 0 aliphatic rings. The third-order valence-corrected chi connectivity index (χ3v) is 3.94. The van der Waals surface area contributed by atoms with Gasteiger partial charge < -0.3 is 10.3 Å². The van der Waals surface area contributed by atoms with Crippen molar-refractivity contribution in [3.05, 3.63) is 70.6 Å². The minimum atomic E-state index is -0.408. The number of hydrogen-bond donors (Lipinski definition) is 1. The Morgan fingerprint density at radius 1 is 1.19 bits per heavy atom. The fourth-order valence-corrected chi connectivity index (χ4v) is 2.55. The Hall–Kier alpha value is -1.91. The summed E-state index contributed by atoms with van der Waals surface area (Å²) in [6, 6.07) is 12.7. The Morgan fingerprint density at radius 2 is 2.00 bits per heavy atom. The summed E-state index contributed by atoms with van der Waals surface area (Å²) in [5.41, 5.74) is 8.34. The van der Waals surface area contributed by atoms with Crippen molar-refractivity contribution in [2.45, 2.75) is 6.54 Å². The molecule has 0 aliphatic heterocycles. The first-order valence-electron chi connectivity index (χ1n) is 6.37. The molecule has 0 aliphatic carbocycles. The van der Waals surface area contributed by atoms with Crippen LogP contribution < -0.4 is 5.73 Å². The van der Waals surface area contributed by atoms with Gasteiger partial charge in [-0.2, -0.15) is 0 Å². The molecule has 3 rings (SSSR count). The van der Waals surface area contributed by atoms with Gasteiger partial charge in [-0.3, -0.25) is 0 Å². The van der Waals surface area contributed by atoms with Gasteiger partial charge in [0.05, 0.1) is 5.02 Å². The van der Waals surface area contributed by atoms with E-state index in [0.717, 1.165) is 22.0 Å². The summed E-state index contributed by atoms with van der Waals surface area (Å²) in [7, 11) is 0. The molecule has 0 fully saturated rings. The monoisotopic (exact) mass is 318 g/mol. The first-order chi connectivity index (χ1) is 10.0. The third kappa shape index (κ3) is 2.77. The van der Waals surface area contributed by atoms with Gasteiger partial charge in [0.1, 0.15) is 10.8 Å². The Bertz CT molecular complexity index is 841. The number of halogens is 2. The van der Waals surface area contributed by atoms with Gasteiger partial charge >= 0.3 is 0 Å². The zero-order valence-electron chi connectivity index (χ0n) is 11.0. The van der Waals surface area contributed by atoms with E-state index in [2.05, 4.69) is 0 Å². The summed E-state index contributed by atoms with van der Waals surface area (Å²) in [5.74, 6) is -0.408. The quantitative estimate of drug-likeness (QED) is 0.737. The zero-order valence-corrected chi connectivity index (χ0v) is 12.6. The number of nitrogens with zero attached hydrogens (tertiary/aromatic N) is 1. The van der Waals surface area contributed by atoms with E-state index in [-0.39, 0.29) is 5.02 Å². The molecular formula is C16H12ClFN2S. The molecule has 2 aromatic carbocycles. The lowest BCUT2D eigenvalue weighted by atomic mass is 10.1. The van der Waals surface area contributed by atoms with E-state index in [9.17, 15) is 4.39 Å². The number of rotatable bonds is 3. The smallest absolute Gasteiger partial charge is 0.142 e. The van der Waals surface area contributed by atoms with E-state index >= 15 is 0 Å². The lowest BCUT2D eigenvalue weighted by Gasteiger charge is -2.07. The molecule has 0 atom stereocenters. The van der Waals surface area contributed by atoms with Crippen molar-refractivity contribution in [1.82, 2.24) is 4.57 Å². The van der Waals surface area contributed by atoms with Crippen molar-refractivity contribution < 1.29 is 4.39 Å². The van der Waals surface area contributed by atoms with Gasteiger partial charge in [-0.15, -0.1) is 0 Å². The Labute approximate surface area is 131 Å². The molecule has 0 unspecified atom stereocenters. The molecule has 1 heterocycles. The maximum Gasteiger partial charge on any atom is 0.142 e. The van der Waals surface area contributed by atoms with Crippen LogP contribution in [0.25, 0.3) is 10.9 Å². The van der Waals surface area contributed by atoms with E-state index in [1.54, 1.807) is 6.07 Å². The summed E-state index contributed by atoms with van der Waals surface area (Å²) >= 11 is 10.7. The number of hydrogen-bond acceptors (Lipinski definition) is 1. The highest BCUT2D eigenvalue weighted by Gasteiger charge is 2.06. The third-order valence-electron chi connectivity index (χ3n) is 3.40. The Morgan fingerprint density at radius 3 is 2.71 bits per heavy atom. The maximum atomic E-state index is 13.5. The first kappa shape index (κ1) is 14.0. The fraction of sp³-hybridized carbons (Fsp3) is 0.0625. The van der Waals surface area contributed by atoms with Crippen molar-refractivity contribution >= 4 is 39.7 Å². The van der Waals surface area contributed by atoms with Gasteiger partial charge in [-0.05, 0) is 35.2 Å². The highest BCUT2D eigenvalue weighted by Crippen LogP contribution is 2.21. The molecule has 5 heteroatoms. The molecule has 1 aromatic heterocycles. The van der Waals surface area contributed by atoms with Gasteiger partial charge in [-0.25, -0.2) is 4.39 Å². The van der Waals surface area contributed by atoms with Crippen LogP contribution in [0.2, 0.25) is 5.02 Å². The van der Waals surface area contributed by atoms with Crippen LogP contribution in [-0.2, 0) is 6.54 Å². The standard InChI is InChI=1S/C16H12ClFN2S/c17-13-4-1-10(7-14(13)18)9-20-6-5-11-2-3-12(16(19)21)8-15(11)20/h1-8H,9H2,(H2,19,21). The van der Waals surface area contributed by atoms with Crippen LogP contribution in [0.4, 0.5) is 4.39 Å². The fourth-order valence-electron chi connectivity index (χ4n) is 2.31. The SMILES string of the molecule is NC(=S)c1ccc2ccn(Cc3ccc(Cl)c(F)c3)c2c1. The minimum absolute atomic E-state index is 0.131. The molecule has 0 radical (unpaired) electrons. The van der Waals surface area contributed by atoms with Crippen molar-refractivity contribution in [1.29, 1.82) is 0 Å². The molecule has 2 N–H and O–H groups in total. The van der Waals surface area contributed by atoms with E-state index in [4.69, 9.17) is 29.6 Å². The second kappa shape index (κ2) is 5.47. The van der Waals surface area contributed by atoms with Gasteiger partial charge in [0.2, 0.25) is 0 Å². The molecule has 0 amide bonds. The molecule has 0 saturated heterocycles. The largest absolute Gasteiger partial charge is 0.389 e. The van der Waals surface area contributed by atoms with Crippen molar-refractivity contribution in [3.8, 4) is 0 Å². The lowest BCUT2D eigenvalue weighted by molar-refractivity contribution is 0.624. The van der Waals surface area contributed by atoms with Crippen molar-refractivity contribution in [2.24, 2.45) is 5.73 Å². The number of thiocarbonyl (C=S) groups is 1. The van der Waals surface area contributed by atoms with Crippen LogP contribution in [0.3, 0.4) is 0 Å². The van der Waals surface area contributed by atoms with Gasteiger partial charge in [0, 0.05) is 23.8 Å². The van der Waals surface area contributed by atoms with Crippen LogP contribution in [0, 0.1) is 5.82 Å². The normalized spacial score (nSPS) is 11.0. The van der Waals surface area contributed by atoms with E-state index in [1.807, 2.05) is 41.1 Å². The van der Waals surface area contributed by atoms with Crippen LogP contribution in [-0.4, -0.2) is 9.56 Å². The second-order valence-electron chi connectivity index (χ2n) is 4.83. The lowest BCUT2D eigenvalue weighted by Crippen LogP contribution is -2.09. The second-order valence-corrected chi connectivity index (χ2v) is 5.68. The van der Waals surface area contributed by atoms with Gasteiger partial charge in [0.25, 0.3) is 0 Å². The number of nitrogens with two attached hydrogens (primary N) is 1. The van der Waals surface area contributed by atoms with Crippen LogP contribution in [0.15, 0.2) is 48.7 Å². The van der Waals surface area contributed by atoms with Crippen molar-refractivity contribution in [2.75, 3.05) is 0 Å². The van der Waals surface area contributed by atoms with Gasteiger partial charge in [0.15, 0.2) is 0 Å². The summed E-state index contributed by atoms with van der Waals surface area (Å²) < 4.78 is 15.5. The minimum Gasteiger partial charge on any atom is -0.389 e. The van der Waals surface area contributed by atoms with E-state index in [0.29, 0.717) is 11.5 Å². The predicted octanol–water partition coefficient (Wildman–Crippen LogP) is 4.12. The van der Waals surface area contributed by atoms with E-state index < -0.39 is 5.82 Å². The van der Waals surface area contributed by atoms with Crippen LogP contribution >= 0.6 is 23.8 Å². The Balaban J connectivity index is 2.01. The molecule has 0 saturated carbocycles. The average Bonchev–Trinajstić information content (AvgIpc) is 2.85. The highest BCUT2D eigenvalue weighted by molar-refractivity contribution is 7.80. The zero-order chi connectivity index (χ0) is 15.0. The summed E-state index contributed by atoms with van der Waals surface area (Å²) in [5, 5.41) is 1.22. The van der Waals surface area contributed by atoms with Crippen LogP contribution in [0.5, 0.6) is 0 Å². The highest BCUT2D eigenvalue weighted by atomic mass is 35.5. The summed E-state index contributed by atoms with van der Waals surface area (Å²) in [6.45, 7) is 0.554. The molecule has 0 spiro atoms.